The van der Waals surface area contributed by atoms with Crippen molar-refractivity contribution in [3.05, 3.63) is 0 Å². The lowest BCUT2D eigenvalue weighted by Crippen LogP contribution is -2.42. The average Bonchev–Trinajstić information content (AvgIpc) is 2.97. The Bertz CT molecular complexity index is 286. The molecule has 0 spiro atoms. The Balaban J connectivity index is 1.87. The molecule has 0 aliphatic heterocycles. The van der Waals surface area contributed by atoms with Crippen LogP contribution in [0.3, 0.4) is 0 Å². The first-order chi connectivity index (χ1) is 8.02. The van der Waals surface area contributed by atoms with Crippen molar-refractivity contribution in [1.82, 2.24) is 4.90 Å². The molecule has 2 unspecified atom stereocenters. The Morgan fingerprint density at radius 1 is 1.35 bits per heavy atom. The molecule has 0 radical (unpaired) electrons. The van der Waals surface area contributed by atoms with Gasteiger partial charge >= 0.3 is 0 Å². The van der Waals surface area contributed by atoms with Crippen LogP contribution in [0.1, 0.15) is 51.9 Å². The maximum absolute atomic E-state index is 5.71. The second-order valence-electron chi connectivity index (χ2n) is 6.39. The van der Waals surface area contributed by atoms with Gasteiger partial charge in [-0.3, -0.25) is 0 Å². The lowest BCUT2D eigenvalue weighted by atomic mass is 9.84. The van der Waals surface area contributed by atoms with Crippen molar-refractivity contribution < 1.29 is 0 Å². The van der Waals surface area contributed by atoms with E-state index in [0.29, 0.717) is 10.4 Å². The zero-order valence-corrected chi connectivity index (χ0v) is 12.1. The largest absolute Gasteiger partial charge is 0.393 e. The molecule has 2 N–H and O–H groups in total. The van der Waals surface area contributed by atoms with Crippen LogP contribution in [0.5, 0.6) is 0 Å². The highest BCUT2D eigenvalue weighted by Gasteiger charge is 2.44. The van der Waals surface area contributed by atoms with Crippen molar-refractivity contribution in [3.8, 4) is 0 Å². The van der Waals surface area contributed by atoms with Crippen LogP contribution < -0.4 is 5.73 Å². The van der Waals surface area contributed by atoms with Crippen molar-refractivity contribution in [1.29, 1.82) is 0 Å². The molecule has 2 nitrogen and oxygen atoms in total. The van der Waals surface area contributed by atoms with E-state index in [1.807, 2.05) is 0 Å². The van der Waals surface area contributed by atoms with Crippen molar-refractivity contribution in [2.75, 3.05) is 13.6 Å². The zero-order valence-electron chi connectivity index (χ0n) is 11.2. The summed E-state index contributed by atoms with van der Waals surface area (Å²) < 4.78 is 0. The second-order valence-corrected chi connectivity index (χ2v) is 6.91. The normalized spacial score (nSPS) is 31.5. The molecule has 2 atom stereocenters. The molecule has 2 aliphatic rings. The van der Waals surface area contributed by atoms with E-state index in [9.17, 15) is 0 Å². The minimum atomic E-state index is 0.442. The van der Waals surface area contributed by atoms with Crippen molar-refractivity contribution >= 4 is 17.2 Å². The number of hydrogen-bond donors (Lipinski definition) is 1. The molecule has 98 valence electrons. The van der Waals surface area contributed by atoms with Gasteiger partial charge in [-0.15, -0.1) is 0 Å². The molecule has 0 saturated heterocycles. The van der Waals surface area contributed by atoms with Gasteiger partial charge in [0.25, 0.3) is 0 Å². The summed E-state index contributed by atoms with van der Waals surface area (Å²) in [6.45, 7) is 3.60. The van der Waals surface area contributed by atoms with Crippen LogP contribution in [0.2, 0.25) is 0 Å². The van der Waals surface area contributed by atoms with E-state index in [-0.39, 0.29) is 0 Å². The van der Waals surface area contributed by atoms with Crippen LogP contribution in [0.4, 0.5) is 0 Å². The lowest BCUT2D eigenvalue weighted by Gasteiger charge is -2.38. The summed E-state index contributed by atoms with van der Waals surface area (Å²) in [7, 11) is 2.30. The van der Waals surface area contributed by atoms with Crippen LogP contribution in [-0.2, 0) is 0 Å². The van der Waals surface area contributed by atoms with Gasteiger partial charge in [0.2, 0.25) is 0 Å². The summed E-state index contributed by atoms with van der Waals surface area (Å²) in [5.74, 6) is 0.856. The standard InChI is InChI=1S/C14H26N2S/c1-11-5-3-4-6-12(11)16(2)10-14(7-8-14)9-13(15)17/h11-12H,3-10H2,1-2H3,(H2,15,17). The van der Waals surface area contributed by atoms with Crippen LogP contribution in [0.15, 0.2) is 0 Å². The third-order valence-electron chi connectivity index (χ3n) is 4.72. The van der Waals surface area contributed by atoms with Crippen LogP contribution in [0.25, 0.3) is 0 Å². The fraction of sp³-hybridized carbons (Fsp3) is 0.929. The van der Waals surface area contributed by atoms with Crippen LogP contribution >= 0.6 is 12.2 Å². The SMILES string of the molecule is CC1CCCCC1N(C)CC1(CC(N)=S)CC1. The lowest BCUT2D eigenvalue weighted by molar-refractivity contribution is 0.117. The van der Waals surface area contributed by atoms with Gasteiger partial charge in [-0.05, 0) is 44.1 Å². The molecule has 2 fully saturated rings. The maximum Gasteiger partial charge on any atom is 0.0733 e. The van der Waals surface area contributed by atoms with Crippen molar-refractivity contribution in [2.45, 2.75) is 57.9 Å². The van der Waals surface area contributed by atoms with Gasteiger partial charge in [-0.2, -0.15) is 0 Å². The van der Waals surface area contributed by atoms with Gasteiger partial charge in [-0.25, -0.2) is 0 Å². The summed E-state index contributed by atoms with van der Waals surface area (Å²) in [5, 5.41) is 0. The van der Waals surface area contributed by atoms with E-state index in [2.05, 4.69) is 18.9 Å². The predicted octanol–water partition coefficient (Wildman–Crippen LogP) is 2.95. The molecule has 2 saturated carbocycles. The van der Waals surface area contributed by atoms with Crippen LogP contribution in [0, 0.1) is 11.3 Å². The number of hydrogen-bond acceptors (Lipinski definition) is 2. The highest BCUT2D eigenvalue weighted by Crippen LogP contribution is 2.49. The molecule has 0 aromatic heterocycles. The molecule has 0 bridgehead atoms. The number of nitrogens with zero attached hydrogens (tertiary/aromatic N) is 1. The van der Waals surface area contributed by atoms with E-state index in [1.54, 1.807) is 0 Å². The third-order valence-corrected chi connectivity index (χ3v) is 4.87. The van der Waals surface area contributed by atoms with Gasteiger partial charge in [-0.1, -0.05) is 32.0 Å². The van der Waals surface area contributed by atoms with Crippen molar-refractivity contribution in [3.63, 3.8) is 0 Å². The van der Waals surface area contributed by atoms with Gasteiger partial charge in [0.05, 0.1) is 4.99 Å². The summed E-state index contributed by atoms with van der Waals surface area (Å²) in [6, 6.07) is 0.785. The Labute approximate surface area is 111 Å². The van der Waals surface area contributed by atoms with E-state index in [4.69, 9.17) is 18.0 Å². The maximum atomic E-state index is 5.71. The smallest absolute Gasteiger partial charge is 0.0733 e. The minimum absolute atomic E-state index is 0.442. The monoisotopic (exact) mass is 254 g/mol. The third kappa shape index (κ3) is 3.41. The fourth-order valence-electron chi connectivity index (χ4n) is 3.53. The predicted molar refractivity (Wildman–Crippen MR) is 77.1 cm³/mol. The summed E-state index contributed by atoms with van der Waals surface area (Å²) in [6.07, 6.45) is 9.18. The Morgan fingerprint density at radius 3 is 2.53 bits per heavy atom. The first kappa shape index (κ1) is 13.3. The molecule has 2 rings (SSSR count). The molecule has 0 aromatic carbocycles. The first-order valence-corrected chi connectivity index (χ1v) is 7.42. The molecule has 17 heavy (non-hydrogen) atoms. The van der Waals surface area contributed by atoms with Gasteiger partial charge in [0.15, 0.2) is 0 Å². The molecule has 0 aromatic rings. The Kier molecular flexibility index (Phi) is 4.09. The number of nitrogens with two attached hydrogens (primary N) is 1. The summed E-state index contributed by atoms with van der Waals surface area (Å²) in [4.78, 5) is 3.29. The van der Waals surface area contributed by atoms with Gasteiger partial charge in [0, 0.05) is 19.0 Å². The Hall–Kier alpha value is -0.150. The fourth-order valence-corrected chi connectivity index (χ4v) is 3.84. The quantitative estimate of drug-likeness (QED) is 0.765. The summed E-state index contributed by atoms with van der Waals surface area (Å²) >= 11 is 5.08. The number of thiocarbonyl (C=S) groups is 1. The highest BCUT2D eigenvalue weighted by atomic mass is 32.1. The zero-order chi connectivity index (χ0) is 12.5. The molecule has 2 aliphatic carbocycles. The van der Waals surface area contributed by atoms with E-state index < -0.39 is 0 Å². The molecule has 3 heteroatoms. The topological polar surface area (TPSA) is 29.3 Å². The van der Waals surface area contributed by atoms with Crippen LogP contribution in [-0.4, -0.2) is 29.5 Å². The summed E-state index contributed by atoms with van der Waals surface area (Å²) in [5.41, 5.74) is 6.16. The van der Waals surface area contributed by atoms with Gasteiger partial charge < -0.3 is 10.6 Å². The first-order valence-electron chi connectivity index (χ1n) is 7.01. The molecule has 0 amide bonds. The van der Waals surface area contributed by atoms with Crippen molar-refractivity contribution in [2.24, 2.45) is 17.1 Å². The average molecular weight is 254 g/mol. The molecule has 0 heterocycles. The van der Waals surface area contributed by atoms with E-state index in [1.165, 1.54) is 45.1 Å². The highest BCUT2D eigenvalue weighted by molar-refractivity contribution is 7.80. The van der Waals surface area contributed by atoms with E-state index in [0.717, 1.165) is 18.4 Å². The second kappa shape index (κ2) is 5.23. The molecular formula is C14H26N2S. The minimum Gasteiger partial charge on any atom is -0.393 e. The van der Waals surface area contributed by atoms with E-state index >= 15 is 0 Å². The molecular weight excluding hydrogens is 228 g/mol. The number of rotatable bonds is 5. The Morgan fingerprint density at radius 2 is 2.00 bits per heavy atom. The van der Waals surface area contributed by atoms with Gasteiger partial charge in [0.1, 0.15) is 0 Å².